The van der Waals surface area contributed by atoms with Gasteiger partial charge in [0.05, 0.1) is 12.1 Å². The lowest BCUT2D eigenvalue weighted by molar-refractivity contribution is -0.124. The molecular weight excluding hydrogens is 192 g/mol. The van der Waals surface area contributed by atoms with Crippen LogP contribution in [0.3, 0.4) is 0 Å². The van der Waals surface area contributed by atoms with Crippen molar-refractivity contribution in [1.29, 1.82) is 0 Å². The summed E-state index contributed by atoms with van der Waals surface area (Å²) in [5.74, 6) is -0.0463. The number of rotatable bonds is 4. The van der Waals surface area contributed by atoms with Crippen molar-refractivity contribution in [2.24, 2.45) is 0 Å². The molecule has 0 aromatic heterocycles. The van der Waals surface area contributed by atoms with Gasteiger partial charge in [-0.15, -0.1) is 0 Å². The summed E-state index contributed by atoms with van der Waals surface area (Å²) in [6.07, 6.45) is -0.463. The molecule has 0 rings (SSSR count). The first-order valence-electron chi connectivity index (χ1n) is 5.39. The molecule has 1 amide bonds. The Morgan fingerprint density at radius 1 is 1.20 bits per heavy atom. The van der Waals surface area contributed by atoms with Crippen molar-refractivity contribution in [1.82, 2.24) is 10.6 Å². The smallest absolute Gasteiger partial charge is 0.237 e. The van der Waals surface area contributed by atoms with Crippen LogP contribution in [0.15, 0.2) is 0 Å². The second kappa shape index (κ2) is 5.47. The Balaban J connectivity index is 4.11. The Hall–Kier alpha value is -0.610. The number of carbonyl (C=O) groups is 1. The summed E-state index contributed by atoms with van der Waals surface area (Å²) in [6.45, 7) is 11.2. The van der Waals surface area contributed by atoms with Gasteiger partial charge in [-0.25, -0.2) is 0 Å². The van der Waals surface area contributed by atoms with Crippen LogP contribution in [0.1, 0.15) is 41.5 Å². The van der Waals surface area contributed by atoms with Crippen LogP contribution < -0.4 is 10.6 Å². The Kier molecular flexibility index (Phi) is 5.24. The fourth-order valence-electron chi connectivity index (χ4n) is 1.09. The molecule has 4 heteroatoms. The zero-order chi connectivity index (χ0) is 12.2. The number of carbonyl (C=O) groups excluding carboxylic acids is 1. The van der Waals surface area contributed by atoms with Crippen molar-refractivity contribution >= 4 is 5.91 Å². The minimum Gasteiger partial charge on any atom is -0.392 e. The molecule has 3 atom stereocenters. The molecule has 15 heavy (non-hydrogen) atoms. The molecule has 0 aliphatic carbocycles. The standard InChI is InChI=1S/C11H24N2O2/c1-7(9(3)14)12-8(2)10(15)13-11(4,5)6/h7-9,12,14H,1-6H3,(H,13,15). The molecule has 0 aromatic rings. The number of hydrogen-bond acceptors (Lipinski definition) is 3. The highest BCUT2D eigenvalue weighted by Crippen LogP contribution is 2.00. The molecule has 0 aliphatic rings. The molecule has 3 unspecified atom stereocenters. The fourth-order valence-corrected chi connectivity index (χ4v) is 1.09. The highest BCUT2D eigenvalue weighted by Gasteiger charge is 2.21. The molecule has 90 valence electrons. The van der Waals surface area contributed by atoms with Crippen LogP contribution in [0.5, 0.6) is 0 Å². The van der Waals surface area contributed by atoms with Gasteiger partial charge in [0.1, 0.15) is 0 Å². The maximum absolute atomic E-state index is 11.7. The van der Waals surface area contributed by atoms with Crippen molar-refractivity contribution in [3.63, 3.8) is 0 Å². The third kappa shape index (κ3) is 6.47. The van der Waals surface area contributed by atoms with Gasteiger partial charge in [-0.3, -0.25) is 4.79 Å². The lowest BCUT2D eigenvalue weighted by atomic mass is 10.1. The van der Waals surface area contributed by atoms with Gasteiger partial charge in [-0.05, 0) is 41.5 Å². The second-order valence-electron chi connectivity index (χ2n) is 5.16. The highest BCUT2D eigenvalue weighted by molar-refractivity contribution is 5.81. The van der Waals surface area contributed by atoms with Gasteiger partial charge in [0, 0.05) is 11.6 Å². The molecule has 0 aliphatic heterocycles. The Morgan fingerprint density at radius 3 is 2.00 bits per heavy atom. The summed E-state index contributed by atoms with van der Waals surface area (Å²) in [4.78, 5) is 11.7. The first kappa shape index (κ1) is 14.4. The number of aliphatic hydroxyl groups is 1. The highest BCUT2D eigenvalue weighted by atomic mass is 16.3. The van der Waals surface area contributed by atoms with Crippen molar-refractivity contribution in [3.8, 4) is 0 Å². The van der Waals surface area contributed by atoms with E-state index >= 15 is 0 Å². The van der Waals surface area contributed by atoms with Crippen LogP contribution in [-0.4, -0.2) is 34.7 Å². The van der Waals surface area contributed by atoms with E-state index in [0.717, 1.165) is 0 Å². The molecular formula is C11H24N2O2. The predicted molar refractivity (Wildman–Crippen MR) is 61.6 cm³/mol. The third-order valence-electron chi connectivity index (χ3n) is 2.13. The van der Waals surface area contributed by atoms with E-state index < -0.39 is 6.10 Å². The molecule has 0 spiro atoms. The van der Waals surface area contributed by atoms with E-state index in [9.17, 15) is 9.90 Å². The van der Waals surface area contributed by atoms with Gasteiger partial charge >= 0.3 is 0 Å². The van der Waals surface area contributed by atoms with E-state index in [2.05, 4.69) is 10.6 Å². The minimum atomic E-state index is -0.463. The van der Waals surface area contributed by atoms with Crippen LogP contribution in [-0.2, 0) is 4.79 Å². The first-order valence-corrected chi connectivity index (χ1v) is 5.39. The van der Waals surface area contributed by atoms with Crippen molar-refractivity contribution in [3.05, 3.63) is 0 Å². The number of aliphatic hydroxyl groups excluding tert-OH is 1. The van der Waals surface area contributed by atoms with Crippen LogP contribution in [0, 0.1) is 0 Å². The van der Waals surface area contributed by atoms with Gasteiger partial charge in [-0.1, -0.05) is 0 Å². The lowest BCUT2D eigenvalue weighted by Gasteiger charge is -2.26. The molecule has 0 bridgehead atoms. The van der Waals surface area contributed by atoms with E-state index in [0.29, 0.717) is 0 Å². The summed E-state index contributed by atoms with van der Waals surface area (Å²) >= 11 is 0. The normalized spacial score (nSPS) is 18.1. The largest absolute Gasteiger partial charge is 0.392 e. The van der Waals surface area contributed by atoms with Gasteiger partial charge in [0.2, 0.25) is 5.91 Å². The Labute approximate surface area is 92.4 Å². The molecule has 3 N–H and O–H groups in total. The predicted octanol–water partition coefficient (Wildman–Crippen LogP) is 0.648. The molecule has 0 saturated heterocycles. The maximum atomic E-state index is 11.7. The van der Waals surface area contributed by atoms with Gasteiger partial charge < -0.3 is 15.7 Å². The van der Waals surface area contributed by atoms with Gasteiger partial charge in [0.15, 0.2) is 0 Å². The van der Waals surface area contributed by atoms with Gasteiger partial charge in [-0.2, -0.15) is 0 Å². The Bertz CT molecular complexity index is 209. The number of amides is 1. The molecule has 0 heterocycles. The van der Waals surface area contributed by atoms with E-state index in [1.165, 1.54) is 0 Å². The maximum Gasteiger partial charge on any atom is 0.237 e. The topological polar surface area (TPSA) is 61.4 Å². The average Bonchev–Trinajstić information content (AvgIpc) is 2.00. The third-order valence-corrected chi connectivity index (χ3v) is 2.13. The van der Waals surface area contributed by atoms with Crippen molar-refractivity contribution < 1.29 is 9.90 Å². The zero-order valence-electron chi connectivity index (χ0n) is 10.6. The van der Waals surface area contributed by atoms with Crippen molar-refractivity contribution in [2.45, 2.75) is 65.3 Å². The van der Waals surface area contributed by atoms with Crippen LogP contribution >= 0.6 is 0 Å². The van der Waals surface area contributed by atoms with E-state index in [4.69, 9.17) is 0 Å². The van der Waals surface area contributed by atoms with Crippen LogP contribution in [0.2, 0.25) is 0 Å². The van der Waals surface area contributed by atoms with E-state index in [1.54, 1.807) is 13.8 Å². The quantitative estimate of drug-likeness (QED) is 0.646. The van der Waals surface area contributed by atoms with Crippen LogP contribution in [0.4, 0.5) is 0 Å². The second-order valence-corrected chi connectivity index (χ2v) is 5.16. The molecule has 0 saturated carbocycles. The summed E-state index contributed by atoms with van der Waals surface area (Å²) in [5, 5.41) is 15.2. The monoisotopic (exact) mass is 216 g/mol. The first-order chi connectivity index (χ1) is 6.63. The van der Waals surface area contributed by atoms with Crippen molar-refractivity contribution in [2.75, 3.05) is 0 Å². The molecule has 0 aromatic carbocycles. The molecule has 0 radical (unpaired) electrons. The van der Waals surface area contributed by atoms with E-state index in [1.807, 2.05) is 27.7 Å². The fraction of sp³-hybridized carbons (Fsp3) is 0.909. The van der Waals surface area contributed by atoms with Crippen LogP contribution in [0.25, 0.3) is 0 Å². The number of nitrogens with one attached hydrogen (secondary N) is 2. The zero-order valence-corrected chi connectivity index (χ0v) is 10.6. The molecule has 4 nitrogen and oxygen atoms in total. The summed E-state index contributed by atoms with van der Waals surface area (Å²) in [6, 6.07) is -0.389. The summed E-state index contributed by atoms with van der Waals surface area (Å²) < 4.78 is 0. The lowest BCUT2D eigenvalue weighted by Crippen LogP contribution is -2.53. The Morgan fingerprint density at radius 2 is 1.67 bits per heavy atom. The van der Waals surface area contributed by atoms with E-state index in [-0.39, 0.29) is 23.5 Å². The minimum absolute atomic E-state index is 0.0463. The van der Waals surface area contributed by atoms with Gasteiger partial charge in [0.25, 0.3) is 0 Å². The molecule has 0 fully saturated rings. The SMILES string of the molecule is CC(NC(C)C(C)O)C(=O)NC(C)(C)C. The summed E-state index contributed by atoms with van der Waals surface area (Å²) in [7, 11) is 0. The number of hydrogen-bond donors (Lipinski definition) is 3. The summed E-state index contributed by atoms with van der Waals surface area (Å²) in [5.41, 5.74) is -0.221. The average molecular weight is 216 g/mol.